The smallest absolute Gasteiger partial charge is 0.340 e. The monoisotopic (exact) mass is 433 g/mol. The number of fused-ring (bicyclic) bond motifs is 1. The van der Waals surface area contributed by atoms with Gasteiger partial charge in [-0.25, -0.2) is 4.98 Å². The van der Waals surface area contributed by atoms with E-state index >= 15 is 0 Å². The van der Waals surface area contributed by atoms with Gasteiger partial charge in [0.2, 0.25) is 5.91 Å². The van der Waals surface area contributed by atoms with Crippen LogP contribution in [0.3, 0.4) is 0 Å². The molecule has 0 radical (unpaired) electrons. The molecule has 0 unspecified atom stereocenters. The molecule has 2 aromatic carbocycles. The molecule has 0 atom stereocenters. The molecule has 158 valence electrons. The molecule has 30 heavy (non-hydrogen) atoms. The van der Waals surface area contributed by atoms with E-state index in [1.807, 2.05) is 29.2 Å². The number of amides is 1. The molecular weight excluding hydrogens is 411 g/mol. The fourth-order valence-corrected chi connectivity index (χ4v) is 4.58. The first-order valence-electron chi connectivity index (χ1n) is 9.89. The topological polar surface area (TPSA) is 36.4 Å². The van der Waals surface area contributed by atoms with Crippen LogP contribution >= 0.6 is 11.3 Å². The van der Waals surface area contributed by atoms with Crippen LogP contribution in [-0.4, -0.2) is 46.9 Å². The molecule has 1 fully saturated rings. The summed E-state index contributed by atoms with van der Waals surface area (Å²) in [7, 11) is 0. The summed E-state index contributed by atoms with van der Waals surface area (Å²) in [5.41, 5.74) is 1.19. The first kappa shape index (κ1) is 20.8. The molecule has 1 aromatic heterocycles. The number of alkyl halides is 3. The molecule has 0 bridgehead atoms. The zero-order chi connectivity index (χ0) is 21.1. The van der Waals surface area contributed by atoms with E-state index in [0.29, 0.717) is 45.6 Å². The van der Waals surface area contributed by atoms with Crippen LogP contribution < -0.4 is 0 Å². The van der Waals surface area contributed by atoms with Gasteiger partial charge in [-0.15, -0.1) is 11.3 Å². The molecule has 1 saturated heterocycles. The number of aryl methyl sites for hydroxylation is 1. The van der Waals surface area contributed by atoms with Gasteiger partial charge < -0.3 is 4.90 Å². The fraction of sp³-hybridized carbons (Fsp3) is 0.364. The summed E-state index contributed by atoms with van der Waals surface area (Å²) < 4.78 is 39.1. The van der Waals surface area contributed by atoms with Crippen LogP contribution in [0.4, 0.5) is 13.2 Å². The predicted octanol–water partition coefficient (Wildman–Crippen LogP) is 4.59. The van der Waals surface area contributed by atoms with Crippen LogP contribution in [0.1, 0.15) is 22.6 Å². The SMILES string of the molecule is O=C(CCc1nc2ccccc2s1)N1CCN(Cc2ccc(C(F)(F)F)cc2)CC1. The molecule has 2 heterocycles. The number of hydrogen-bond acceptors (Lipinski definition) is 4. The lowest BCUT2D eigenvalue weighted by Gasteiger charge is -2.34. The average Bonchev–Trinajstić information content (AvgIpc) is 3.15. The maximum atomic E-state index is 12.7. The lowest BCUT2D eigenvalue weighted by molar-refractivity contribution is -0.137. The highest BCUT2D eigenvalue weighted by atomic mass is 32.1. The summed E-state index contributed by atoms with van der Waals surface area (Å²) in [6.45, 7) is 3.30. The van der Waals surface area contributed by atoms with E-state index in [4.69, 9.17) is 0 Å². The van der Waals surface area contributed by atoms with Crippen molar-refractivity contribution < 1.29 is 18.0 Å². The quantitative estimate of drug-likeness (QED) is 0.591. The van der Waals surface area contributed by atoms with E-state index in [-0.39, 0.29) is 5.91 Å². The lowest BCUT2D eigenvalue weighted by atomic mass is 10.1. The number of para-hydroxylation sites is 1. The molecule has 4 nitrogen and oxygen atoms in total. The van der Waals surface area contributed by atoms with Crippen molar-refractivity contribution in [2.24, 2.45) is 0 Å². The summed E-state index contributed by atoms with van der Waals surface area (Å²) in [6, 6.07) is 13.3. The van der Waals surface area contributed by atoms with Crippen LogP contribution in [0.25, 0.3) is 10.2 Å². The van der Waals surface area contributed by atoms with Crippen LogP contribution in [-0.2, 0) is 23.9 Å². The zero-order valence-electron chi connectivity index (χ0n) is 16.4. The van der Waals surface area contributed by atoms with Crippen molar-refractivity contribution in [1.29, 1.82) is 0 Å². The maximum Gasteiger partial charge on any atom is 0.416 e. The van der Waals surface area contributed by atoms with Crippen molar-refractivity contribution >= 4 is 27.5 Å². The Morgan fingerprint density at radius 1 is 1.00 bits per heavy atom. The standard InChI is InChI=1S/C22H22F3N3OS/c23-22(24,25)17-7-5-16(6-8-17)15-27-11-13-28(14-12-27)21(29)10-9-20-26-18-3-1-2-4-19(18)30-20/h1-8H,9-15H2. The second kappa shape index (κ2) is 8.73. The minimum absolute atomic E-state index is 0.128. The summed E-state index contributed by atoms with van der Waals surface area (Å²) >= 11 is 1.63. The van der Waals surface area contributed by atoms with Gasteiger partial charge in [0.05, 0.1) is 20.8 Å². The van der Waals surface area contributed by atoms with Gasteiger partial charge in [0, 0.05) is 45.6 Å². The van der Waals surface area contributed by atoms with Crippen molar-refractivity contribution in [3.05, 3.63) is 64.7 Å². The molecule has 0 spiro atoms. The number of aromatic nitrogens is 1. The molecular formula is C22H22F3N3OS. The number of rotatable bonds is 5. The minimum atomic E-state index is -4.31. The molecule has 0 aliphatic carbocycles. The van der Waals surface area contributed by atoms with E-state index in [9.17, 15) is 18.0 Å². The highest BCUT2D eigenvalue weighted by Gasteiger charge is 2.30. The second-order valence-electron chi connectivity index (χ2n) is 7.43. The van der Waals surface area contributed by atoms with Crippen LogP contribution in [0.15, 0.2) is 48.5 Å². The molecule has 3 aromatic rings. The molecule has 0 saturated carbocycles. The molecule has 0 N–H and O–H groups in total. The Labute approximate surface area is 176 Å². The van der Waals surface area contributed by atoms with Gasteiger partial charge in [0.15, 0.2) is 0 Å². The fourth-order valence-electron chi connectivity index (χ4n) is 3.61. The Morgan fingerprint density at radius 3 is 2.37 bits per heavy atom. The van der Waals surface area contributed by atoms with Crippen LogP contribution in [0, 0.1) is 0 Å². The van der Waals surface area contributed by atoms with Crippen molar-refractivity contribution in [3.63, 3.8) is 0 Å². The Kier molecular flexibility index (Phi) is 6.06. The third kappa shape index (κ3) is 4.99. The summed E-state index contributed by atoms with van der Waals surface area (Å²) in [4.78, 5) is 21.2. The first-order chi connectivity index (χ1) is 14.4. The van der Waals surface area contributed by atoms with Gasteiger partial charge in [-0.3, -0.25) is 9.69 Å². The number of carbonyl (C=O) groups is 1. The Morgan fingerprint density at radius 2 is 1.70 bits per heavy atom. The maximum absolute atomic E-state index is 12.7. The van der Waals surface area contributed by atoms with Gasteiger partial charge in [0.25, 0.3) is 0 Å². The number of piperazine rings is 1. The molecule has 1 amide bonds. The van der Waals surface area contributed by atoms with Crippen LogP contribution in [0.2, 0.25) is 0 Å². The number of thiazole rings is 1. The summed E-state index contributed by atoms with van der Waals surface area (Å²) in [5.74, 6) is 0.128. The predicted molar refractivity (Wildman–Crippen MR) is 111 cm³/mol. The van der Waals surface area contributed by atoms with Gasteiger partial charge >= 0.3 is 6.18 Å². The van der Waals surface area contributed by atoms with Crippen molar-refractivity contribution in [3.8, 4) is 0 Å². The summed E-state index contributed by atoms with van der Waals surface area (Å²) in [5, 5.41) is 0.977. The van der Waals surface area contributed by atoms with Crippen molar-refractivity contribution in [1.82, 2.24) is 14.8 Å². The van der Waals surface area contributed by atoms with E-state index in [1.165, 1.54) is 12.1 Å². The van der Waals surface area contributed by atoms with E-state index < -0.39 is 11.7 Å². The van der Waals surface area contributed by atoms with Gasteiger partial charge in [-0.1, -0.05) is 24.3 Å². The average molecular weight is 433 g/mol. The number of hydrogen-bond donors (Lipinski definition) is 0. The zero-order valence-corrected chi connectivity index (χ0v) is 17.2. The molecule has 4 rings (SSSR count). The number of benzene rings is 2. The van der Waals surface area contributed by atoms with Gasteiger partial charge in [-0.05, 0) is 29.8 Å². The van der Waals surface area contributed by atoms with Crippen LogP contribution in [0.5, 0.6) is 0 Å². The highest BCUT2D eigenvalue weighted by Crippen LogP contribution is 2.29. The van der Waals surface area contributed by atoms with Crippen molar-refractivity contribution in [2.75, 3.05) is 26.2 Å². The first-order valence-corrected chi connectivity index (χ1v) is 10.7. The van der Waals surface area contributed by atoms with Gasteiger partial charge in [0.1, 0.15) is 0 Å². The molecule has 1 aliphatic rings. The minimum Gasteiger partial charge on any atom is -0.340 e. The number of halogens is 3. The van der Waals surface area contributed by atoms with E-state index in [1.54, 1.807) is 11.3 Å². The number of nitrogens with zero attached hydrogens (tertiary/aromatic N) is 3. The second-order valence-corrected chi connectivity index (χ2v) is 8.54. The largest absolute Gasteiger partial charge is 0.416 e. The normalized spacial score (nSPS) is 15.6. The third-order valence-electron chi connectivity index (χ3n) is 5.30. The lowest BCUT2D eigenvalue weighted by Crippen LogP contribution is -2.48. The highest BCUT2D eigenvalue weighted by molar-refractivity contribution is 7.18. The Hall–Kier alpha value is -2.45. The molecule has 1 aliphatic heterocycles. The Bertz CT molecular complexity index is 975. The van der Waals surface area contributed by atoms with Gasteiger partial charge in [-0.2, -0.15) is 13.2 Å². The van der Waals surface area contributed by atoms with E-state index in [0.717, 1.165) is 32.9 Å². The summed E-state index contributed by atoms with van der Waals surface area (Å²) in [6.07, 6.45) is -3.22. The van der Waals surface area contributed by atoms with Crippen molar-refractivity contribution in [2.45, 2.75) is 25.6 Å². The van der Waals surface area contributed by atoms with E-state index in [2.05, 4.69) is 9.88 Å². The Balaban J connectivity index is 1.24. The molecule has 8 heteroatoms. The third-order valence-corrected chi connectivity index (χ3v) is 6.40. The number of carbonyl (C=O) groups excluding carboxylic acids is 1.